The Balaban J connectivity index is 1.35. The highest BCUT2D eigenvalue weighted by Gasteiger charge is 2.24. The van der Waals surface area contributed by atoms with Gasteiger partial charge in [0.05, 0.1) is 17.9 Å². The number of thiazole rings is 1. The van der Waals surface area contributed by atoms with E-state index < -0.39 is 0 Å². The van der Waals surface area contributed by atoms with Crippen LogP contribution in [0.25, 0.3) is 27.2 Å². The van der Waals surface area contributed by atoms with E-state index in [9.17, 15) is 4.79 Å². The number of furan rings is 1. The number of amides is 1. The summed E-state index contributed by atoms with van der Waals surface area (Å²) in [5.74, 6) is 0.600. The second-order valence-electron chi connectivity index (χ2n) is 7.33. The number of hydrogen-bond donors (Lipinski definition) is 0. The van der Waals surface area contributed by atoms with Crippen LogP contribution < -0.4 is 0 Å². The van der Waals surface area contributed by atoms with Crippen molar-refractivity contribution in [2.45, 2.75) is 13.0 Å². The van der Waals surface area contributed by atoms with Gasteiger partial charge in [0.15, 0.2) is 0 Å². The molecular formula is C24H20N4O2S. The van der Waals surface area contributed by atoms with Gasteiger partial charge in [-0.2, -0.15) is 5.10 Å². The number of carbonyl (C=O) groups is 1. The minimum Gasteiger partial charge on any atom is -0.459 e. The Kier molecular flexibility index (Phi) is 4.88. The first-order valence-electron chi connectivity index (χ1n) is 9.92. The lowest BCUT2D eigenvalue weighted by Crippen LogP contribution is -2.29. The maximum absolute atomic E-state index is 13.1. The summed E-state index contributed by atoms with van der Waals surface area (Å²) in [6.07, 6.45) is 3.68. The Morgan fingerprint density at radius 2 is 1.90 bits per heavy atom. The quantitative estimate of drug-likeness (QED) is 0.367. The number of carbonyl (C=O) groups excluding carboxylic acids is 1. The third-order valence-electron chi connectivity index (χ3n) is 5.33. The monoisotopic (exact) mass is 428 g/mol. The predicted octanol–water partition coefficient (Wildman–Crippen LogP) is 5.58. The van der Waals surface area contributed by atoms with Crippen LogP contribution in [-0.4, -0.2) is 32.6 Å². The summed E-state index contributed by atoms with van der Waals surface area (Å²) < 4.78 is 7.73. The first-order valence-corrected chi connectivity index (χ1v) is 10.8. The van der Waals surface area contributed by atoms with Gasteiger partial charge in [-0.1, -0.05) is 36.4 Å². The van der Waals surface area contributed by atoms with Gasteiger partial charge in [-0.15, -0.1) is 11.3 Å². The fourth-order valence-corrected chi connectivity index (χ4v) is 4.18. The summed E-state index contributed by atoms with van der Waals surface area (Å²) in [6.45, 7) is 1.95. The standard InChI is InChI=1S/C24H20N4O2S/c1-16(22-12-17-8-6-7-11-21(17)30-22)27(2)24(29)20-15-31-23(26-20)18-13-25-28(14-18)19-9-4-3-5-10-19/h3-16H,1-2H3. The molecule has 0 bridgehead atoms. The minimum atomic E-state index is -0.217. The van der Waals surface area contributed by atoms with E-state index in [0.29, 0.717) is 5.69 Å². The third kappa shape index (κ3) is 3.64. The van der Waals surface area contributed by atoms with Crippen molar-refractivity contribution in [3.63, 3.8) is 0 Å². The molecular weight excluding hydrogens is 408 g/mol. The number of rotatable bonds is 5. The van der Waals surface area contributed by atoms with Crippen molar-refractivity contribution in [3.05, 3.63) is 89.9 Å². The molecule has 0 saturated heterocycles. The smallest absolute Gasteiger partial charge is 0.273 e. The van der Waals surface area contributed by atoms with Crippen LogP contribution in [-0.2, 0) is 0 Å². The Labute approximate surface area is 183 Å². The zero-order chi connectivity index (χ0) is 21.4. The van der Waals surface area contributed by atoms with Crippen molar-refractivity contribution in [2.24, 2.45) is 0 Å². The normalized spacial score (nSPS) is 12.2. The Morgan fingerprint density at radius 3 is 2.71 bits per heavy atom. The van der Waals surface area contributed by atoms with Crippen molar-refractivity contribution in [2.75, 3.05) is 7.05 Å². The summed E-state index contributed by atoms with van der Waals surface area (Å²) in [5, 5.41) is 7.99. The van der Waals surface area contributed by atoms with Crippen LogP contribution in [0.2, 0.25) is 0 Å². The number of para-hydroxylation sites is 2. The number of aromatic nitrogens is 3. The zero-order valence-electron chi connectivity index (χ0n) is 17.1. The molecule has 0 fully saturated rings. The Hall–Kier alpha value is -3.71. The van der Waals surface area contributed by atoms with Crippen LogP contribution in [0.15, 0.2) is 82.9 Å². The first-order chi connectivity index (χ1) is 15.1. The van der Waals surface area contributed by atoms with Crippen LogP contribution in [0.5, 0.6) is 0 Å². The molecule has 2 aromatic carbocycles. The Bertz CT molecular complexity index is 1320. The molecule has 31 heavy (non-hydrogen) atoms. The summed E-state index contributed by atoms with van der Waals surface area (Å²) in [4.78, 5) is 19.3. The molecule has 1 amide bonds. The number of fused-ring (bicyclic) bond motifs is 1. The van der Waals surface area contributed by atoms with Gasteiger partial charge in [0.2, 0.25) is 0 Å². The second kappa shape index (κ2) is 7.85. The second-order valence-corrected chi connectivity index (χ2v) is 8.18. The average Bonchev–Trinajstić information content (AvgIpc) is 3.56. The first kappa shape index (κ1) is 19.3. The fraction of sp³-hybridized carbons (Fsp3) is 0.125. The highest BCUT2D eigenvalue weighted by molar-refractivity contribution is 7.13. The third-order valence-corrected chi connectivity index (χ3v) is 6.22. The van der Waals surface area contributed by atoms with E-state index in [1.165, 1.54) is 11.3 Å². The molecule has 0 saturated carbocycles. The van der Waals surface area contributed by atoms with Crippen LogP contribution in [0.3, 0.4) is 0 Å². The predicted molar refractivity (Wildman–Crippen MR) is 121 cm³/mol. The number of hydrogen-bond acceptors (Lipinski definition) is 5. The Morgan fingerprint density at radius 1 is 1.13 bits per heavy atom. The lowest BCUT2D eigenvalue weighted by Gasteiger charge is -2.22. The molecule has 0 radical (unpaired) electrons. The van der Waals surface area contributed by atoms with E-state index >= 15 is 0 Å². The summed E-state index contributed by atoms with van der Waals surface area (Å²) in [7, 11) is 1.77. The lowest BCUT2D eigenvalue weighted by molar-refractivity contribution is 0.0722. The highest BCUT2D eigenvalue weighted by atomic mass is 32.1. The molecule has 154 valence electrons. The van der Waals surface area contributed by atoms with E-state index in [1.807, 2.05) is 73.8 Å². The van der Waals surface area contributed by atoms with Crippen LogP contribution in [0.4, 0.5) is 0 Å². The number of nitrogens with zero attached hydrogens (tertiary/aromatic N) is 4. The highest BCUT2D eigenvalue weighted by Crippen LogP contribution is 2.29. The fourth-order valence-electron chi connectivity index (χ4n) is 3.42. The molecule has 1 unspecified atom stereocenters. The molecule has 5 aromatic rings. The van der Waals surface area contributed by atoms with Crippen molar-refractivity contribution >= 4 is 28.2 Å². The van der Waals surface area contributed by atoms with Crippen molar-refractivity contribution < 1.29 is 9.21 Å². The van der Waals surface area contributed by atoms with Crippen LogP contribution in [0, 0.1) is 0 Å². The SMILES string of the molecule is CC(c1cc2ccccc2o1)N(C)C(=O)c1csc(-c2cnn(-c3ccccc3)c2)n1. The lowest BCUT2D eigenvalue weighted by atomic mass is 10.2. The van der Waals surface area contributed by atoms with Gasteiger partial charge >= 0.3 is 0 Å². The van der Waals surface area contributed by atoms with Crippen LogP contribution in [0.1, 0.15) is 29.2 Å². The molecule has 1 atom stereocenters. The van der Waals surface area contributed by atoms with Gasteiger partial charge in [0, 0.05) is 29.6 Å². The van der Waals surface area contributed by atoms with Gasteiger partial charge in [0.1, 0.15) is 22.0 Å². The maximum atomic E-state index is 13.1. The van der Waals surface area contributed by atoms with Gasteiger partial charge in [-0.25, -0.2) is 9.67 Å². The molecule has 6 nitrogen and oxygen atoms in total. The molecule has 3 aromatic heterocycles. The van der Waals surface area contributed by atoms with E-state index in [2.05, 4.69) is 10.1 Å². The van der Waals surface area contributed by atoms with Gasteiger partial charge < -0.3 is 9.32 Å². The average molecular weight is 429 g/mol. The molecule has 0 spiro atoms. The zero-order valence-corrected chi connectivity index (χ0v) is 17.9. The van der Waals surface area contributed by atoms with E-state index in [4.69, 9.17) is 4.42 Å². The maximum Gasteiger partial charge on any atom is 0.273 e. The molecule has 7 heteroatoms. The van der Waals surface area contributed by atoms with Crippen molar-refractivity contribution in [3.8, 4) is 16.3 Å². The van der Waals surface area contributed by atoms with Gasteiger partial charge in [0.25, 0.3) is 5.91 Å². The van der Waals surface area contributed by atoms with E-state index in [-0.39, 0.29) is 11.9 Å². The molecule has 0 aliphatic carbocycles. The number of benzene rings is 2. The summed E-state index contributed by atoms with van der Waals surface area (Å²) >= 11 is 1.43. The van der Waals surface area contributed by atoms with Crippen molar-refractivity contribution in [1.29, 1.82) is 0 Å². The summed E-state index contributed by atoms with van der Waals surface area (Å²) in [5.41, 5.74) is 3.08. The van der Waals surface area contributed by atoms with E-state index in [0.717, 1.165) is 33.0 Å². The summed E-state index contributed by atoms with van der Waals surface area (Å²) in [6, 6.07) is 19.5. The molecule has 0 aliphatic rings. The minimum absolute atomic E-state index is 0.147. The topological polar surface area (TPSA) is 64.2 Å². The van der Waals surface area contributed by atoms with E-state index in [1.54, 1.807) is 28.2 Å². The molecule has 0 aliphatic heterocycles. The van der Waals surface area contributed by atoms with Gasteiger partial charge in [-0.3, -0.25) is 4.79 Å². The van der Waals surface area contributed by atoms with Gasteiger partial charge in [-0.05, 0) is 31.2 Å². The molecule has 5 rings (SSSR count). The van der Waals surface area contributed by atoms with Crippen LogP contribution >= 0.6 is 11.3 Å². The largest absolute Gasteiger partial charge is 0.459 e. The van der Waals surface area contributed by atoms with Crippen molar-refractivity contribution in [1.82, 2.24) is 19.7 Å². The molecule has 3 heterocycles. The molecule has 0 N–H and O–H groups in total.